The van der Waals surface area contributed by atoms with E-state index in [9.17, 15) is 9.90 Å². The van der Waals surface area contributed by atoms with Gasteiger partial charge < -0.3 is 14.7 Å². The number of rotatable bonds is 2. The summed E-state index contributed by atoms with van der Waals surface area (Å²) in [5.74, 6) is -0.00276. The van der Waals surface area contributed by atoms with E-state index in [0.717, 1.165) is 49.4 Å². The third-order valence-corrected chi connectivity index (χ3v) is 4.87. The standard InChI is InChI=1S/C15H19IN2O3/c16-11-1-2-14(19)13(9-11)15(20)18-4-3-12(10-18)17-5-7-21-8-6-17/h1-2,9,12,19H,3-8,10H2. The molecule has 114 valence electrons. The molecule has 21 heavy (non-hydrogen) atoms. The van der Waals surface area contributed by atoms with Crippen LogP contribution in [-0.2, 0) is 4.74 Å². The predicted octanol–water partition coefficient (Wildman–Crippen LogP) is 1.54. The summed E-state index contributed by atoms with van der Waals surface area (Å²) in [6.07, 6.45) is 0.996. The van der Waals surface area contributed by atoms with Crippen LogP contribution in [0.4, 0.5) is 0 Å². The van der Waals surface area contributed by atoms with Crippen molar-refractivity contribution in [1.29, 1.82) is 0 Å². The van der Waals surface area contributed by atoms with Gasteiger partial charge in [-0.2, -0.15) is 0 Å². The molecule has 2 aliphatic rings. The number of phenols is 1. The maximum absolute atomic E-state index is 12.6. The summed E-state index contributed by atoms with van der Waals surface area (Å²) in [4.78, 5) is 16.8. The van der Waals surface area contributed by atoms with Crippen molar-refractivity contribution in [2.45, 2.75) is 12.5 Å². The quantitative estimate of drug-likeness (QED) is 0.763. The molecule has 2 fully saturated rings. The minimum atomic E-state index is -0.0678. The second-order valence-electron chi connectivity index (χ2n) is 5.50. The third-order valence-electron chi connectivity index (χ3n) is 4.20. The fraction of sp³-hybridized carbons (Fsp3) is 0.533. The zero-order valence-electron chi connectivity index (χ0n) is 11.8. The number of phenolic OH excluding ortho intramolecular Hbond substituents is 1. The molecule has 1 unspecified atom stereocenters. The molecule has 0 aromatic heterocycles. The van der Waals surface area contributed by atoms with E-state index in [4.69, 9.17) is 4.74 Å². The molecule has 0 saturated carbocycles. The first-order valence-corrected chi connectivity index (χ1v) is 8.32. The van der Waals surface area contributed by atoms with E-state index >= 15 is 0 Å². The number of likely N-dealkylation sites (tertiary alicyclic amines) is 1. The Hall–Kier alpha value is -0.860. The zero-order chi connectivity index (χ0) is 14.8. The van der Waals surface area contributed by atoms with Gasteiger partial charge in [-0.3, -0.25) is 9.69 Å². The zero-order valence-corrected chi connectivity index (χ0v) is 14.0. The monoisotopic (exact) mass is 402 g/mol. The fourth-order valence-electron chi connectivity index (χ4n) is 3.02. The highest BCUT2D eigenvalue weighted by atomic mass is 127. The van der Waals surface area contributed by atoms with Gasteiger partial charge in [-0.05, 0) is 47.2 Å². The van der Waals surface area contributed by atoms with Crippen molar-refractivity contribution in [2.75, 3.05) is 39.4 Å². The van der Waals surface area contributed by atoms with E-state index in [2.05, 4.69) is 27.5 Å². The number of aromatic hydroxyl groups is 1. The number of halogens is 1. The van der Waals surface area contributed by atoms with Gasteiger partial charge in [-0.1, -0.05) is 0 Å². The second kappa shape index (κ2) is 6.50. The SMILES string of the molecule is O=C(c1cc(I)ccc1O)N1CCC(N2CCOCC2)C1. The summed E-state index contributed by atoms with van der Waals surface area (Å²) in [6.45, 7) is 4.95. The highest BCUT2D eigenvalue weighted by Crippen LogP contribution is 2.24. The number of morpholine rings is 1. The number of hydrogen-bond acceptors (Lipinski definition) is 4. The van der Waals surface area contributed by atoms with E-state index in [0.29, 0.717) is 11.6 Å². The van der Waals surface area contributed by atoms with Crippen LogP contribution in [0, 0.1) is 3.57 Å². The van der Waals surface area contributed by atoms with Crippen LogP contribution in [0.2, 0.25) is 0 Å². The summed E-state index contributed by atoms with van der Waals surface area (Å²) >= 11 is 2.15. The van der Waals surface area contributed by atoms with Crippen molar-refractivity contribution < 1.29 is 14.6 Å². The lowest BCUT2D eigenvalue weighted by Gasteiger charge is -2.32. The van der Waals surface area contributed by atoms with E-state index in [-0.39, 0.29) is 11.7 Å². The average molecular weight is 402 g/mol. The second-order valence-corrected chi connectivity index (χ2v) is 6.75. The smallest absolute Gasteiger partial charge is 0.257 e. The third kappa shape index (κ3) is 3.32. The molecule has 1 atom stereocenters. The molecule has 1 amide bonds. The van der Waals surface area contributed by atoms with Gasteiger partial charge >= 0.3 is 0 Å². The van der Waals surface area contributed by atoms with Crippen molar-refractivity contribution in [2.24, 2.45) is 0 Å². The maximum Gasteiger partial charge on any atom is 0.257 e. The van der Waals surface area contributed by atoms with E-state index in [1.54, 1.807) is 18.2 Å². The Kier molecular flexibility index (Phi) is 4.66. The minimum Gasteiger partial charge on any atom is -0.507 e. The minimum absolute atomic E-state index is 0.0650. The summed E-state index contributed by atoms with van der Waals surface area (Å²) in [6, 6.07) is 5.56. The Morgan fingerprint density at radius 3 is 2.81 bits per heavy atom. The van der Waals surface area contributed by atoms with E-state index < -0.39 is 0 Å². The topological polar surface area (TPSA) is 53.0 Å². The van der Waals surface area contributed by atoms with Gasteiger partial charge in [0, 0.05) is 35.8 Å². The van der Waals surface area contributed by atoms with Crippen molar-refractivity contribution in [1.82, 2.24) is 9.80 Å². The molecule has 2 saturated heterocycles. The molecule has 2 aliphatic heterocycles. The van der Waals surface area contributed by atoms with Crippen LogP contribution in [0.5, 0.6) is 5.75 Å². The van der Waals surface area contributed by atoms with Crippen LogP contribution in [0.1, 0.15) is 16.8 Å². The van der Waals surface area contributed by atoms with Crippen molar-refractivity contribution in [3.05, 3.63) is 27.3 Å². The fourth-order valence-corrected chi connectivity index (χ4v) is 3.51. The molecule has 2 heterocycles. The Labute approximate surface area is 138 Å². The first-order chi connectivity index (χ1) is 10.1. The van der Waals surface area contributed by atoms with Crippen LogP contribution in [-0.4, -0.2) is 66.2 Å². The number of nitrogens with zero attached hydrogens (tertiary/aromatic N) is 2. The molecule has 0 bridgehead atoms. The molecule has 1 aromatic carbocycles. The van der Waals surface area contributed by atoms with Gasteiger partial charge in [-0.25, -0.2) is 0 Å². The van der Waals surface area contributed by atoms with Gasteiger partial charge in [0.2, 0.25) is 0 Å². The lowest BCUT2D eigenvalue weighted by Crippen LogP contribution is -2.45. The maximum atomic E-state index is 12.6. The van der Waals surface area contributed by atoms with Crippen molar-refractivity contribution in [3.63, 3.8) is 0 Å². The van der Waals surface area contributed by atoms with E-state index in [1.807, 2.05) is 4.90 Å². The molecular formula is C15H19IN2O3. The molecule has 0 spiro atoms. The van der Waals surface area contributed by atoms with E-state index in [1.165, 1.54) is 0 Å². The number of benzene rings is 1. The number of carbonyl (C=O) groups is 1. The number of amides is 1. The first-order valence-electron chi connectivity index (χ1n) is 7.25. The Bertz CT molecular complexity index is 532. The number of carbonyl (C=O) groups excluding carboxylic acids is 1. The Balaban J connectivity index is 1.67. The molecule has 5 nitrogen and oxygen atoms in total. The molecule has 0 aliphatic carbocycles. The summed E-state index contributed by atoms with van der Waals surface area (Å²) in [7, 11) is 0. The van der Waals surface area contributed by atoms with Crippen LogP contribution in [0.3, 0.4) is 0 Å². The van der Waals surface area contributed by atoms with Crippen molar-refractivity contribution >= 4 is 28.5 Å². The predicted molar refractivity (Wildman–Crippen MR) is 87.5 cm³/mol. The highest BCUT2D eigenvalue weighted by molar-refractivity contribution is 14.1. The van der Waals surface area contributed by atoms with Crippen molar-refractivity contribution in [3.8, 4) is 5.75 Å². The van der Waals surface area contributed by atoms with Crippen LogP contribution in [0.15, 0.2) is 18.2 Å². The molecule has 3 rings (SSSR count). The summed E-state index contributed by atoms with van der Waals surface area (Å²) in [5, 5.41) is 9.90. The Morgan fingerprint density at radius 1 is 1.29 bits per heavy atom. The number of hydrogen-bond donors (Lipinski definition) is 1. The van der Waals surface area contributed by atoms with Gasteiger partial charge in [-0.15, -0.1) is 0 Å². The largest absolute Gasteiger partial charge is 0.507 e. The van der Waals surface area contributed by atoms with Gasteiger partial charge in [0.05, 0.1) is 18.8 Å². The van der Waals surface area contributed by atoms with Crippen LogP contribution in [0.25, 0.3) is 0 Å². The van der Waals surface area contributed by atoms with Crippen LogP contribution >= 0.6 is 22.6 Å². The molecule has 1 aromatic rings. The molecule has 0 radical (unpaired) electrons. The highest BCUT2D eigenvalue weighted by Gasteiger charge is 2.32. The lowest BCUT2D eigenvalue weighted by molar-refractivity contribution is 0.0185. The lowest BCUT2D eigenvalue weighted by atomic mass is 10.2. The first kappa shape index (κ1) is 15.1. The van der Waals surface area contributed by atoms with Gasteiger partial charge in [0.25, 0.3) is 5.91 Å². The van der Waals surface area contributed by atoms with Gasteiger partial charge in [0.15, 0.2) is 0 Å². The van der Waals surface area contributed by atoms with Crippen LogP contribution < -0.4 is 0 Å². The number of ether oxygens (including phenoxy) is 1. The summed E-state index contributed by atoms with van der Waals surface area (Å²) < 4.78 is 6.33. The summed E-state index contributed by atoms with van der Waals surface area (Å²) in [5.41, 5.74) is 0.407. The normalized spacial score (nSPS) is 23.5. The molecular weight excluding hydrogens is 383 g/mol. The molecule has 1 N–H and O–H groups in total. The molecule has 6 heteroatoms. The Morgan fingerprint density at radius 2 is 2.05 bits per heavy atom. The average Bonchev–Trinajstić information content (AvgIpc) is 3.00. The van der Waals surface area contributed by atoms with Gasteiger partial charge in [0.1, 0.15) is 5.75 Å².